The van der Waals surface area contributed by atoms with E-state index in [-0.39, 0.29) is 59.1 Å². The Morgan fingerprint density at radius 1 is 0.977 bits per heavy atom. The van der Waals surface area contributed by atoms with E-state index in [0.29, 0.717) is 29.3 Å². The first-order valence-corrected chi connectivity index (χ1v) is 14.1. The van der Waals surface area contributed by atoms with Gasteiger partial charge >= 0.3 is 0 Å². The Morgan fingerprint density at radius 2 is 1.70 bits per heavy atom. The Labute approximate surface area is 253 Å². The van der Waals surface area contributed by atoms with E-state index in [0.717, 1.165) is 23.3 Å². The van der Waals surface area contributed by atoms with Crippen LogP contribution in [-0.4, -0.2) is 46.4 Å². The van der Waals surface area contributed by atoms with Gasteiger partial charge in [-0.25, -0.2) is 18.7 Å². The minimum atomic E-state index is -0.817. The van der Waals surface area contributed by atoms with Crippen LogP contribution in [0.4, 0.5) is 20.3 Å². The molecule has 0 bridgehead atoms. The molecule has 2 aliphatic heterocycles. The summed E-state index contributed by atoms with van der Waals surface area (Å²) in [5, 5.41) is 6.17. The van der Waals surface area contributed by atoms with Crippen LogP contribution >= 0.6 is 0 Å². The molecule has 3 heterocycles. The van der Waals surface area contributed by atoms with Crippen molar-refractivity contribution in [3.63, 3.8) is 0 Å². The van der Waals surface area contributed by atoms with Crippen LogP contribution in [-0.2, 0) is 17.9 Å². The Kier molecular flexibility index (Phi) is 7.40. The van der Waals surface area contributed by atoms with Gasteiger partial charge < -0.3 is 25.0 Å². The van der Waals surface area contributed by atoms with Crippen molar-refractivity contribution >= 4 is 23.3 Å². The summed E-state index contributed by atoms with van der Waals surface area (Å²) < 4.78 is 40.5. The molecule has 1 saturated heterocycles. The number of methoxy groups -OCH3 is 2. The summed E-state index contributed by atoms with van der Waals surface area (Å²) in [6.45, 7) is 4.25. The van der Waals surface area contributed by atoms with Crippen LogP contribution in [0, 0.1) is 11.6 Å². The number of carbonyl (C=O) groups is 2. The lowest BCUT2D eigenvalue weighted by Gasteiger charge is -2.18. The second kappa shape index (κ2) is 11.2. The van der Waals surface area contributed by atoms with E-state index in [4.69, 9.17) is 9.47 Å². The van der Waals surface area contributed by atoms with Crippen LogP contribution in [0.15, 0.2) is 60.7 Å². The summed E-state index contributed by atoms with van der Waals surface area (Å²) >= 11 is 0. The normalized spacial score (nSPS) is 17.0. The van der Waals surface area contributed by atoms with Crippen LogP contribution in [0.1, 0.15) is 53.4 Å². The highest BCUT2D eigenvalue weighted by molar-refractivity contribution is 6.03. The van der Waals surface area contributed by atoms with E-state index in [1.54, 1.807) is 36.3 Å². The number of hydrogen-bond donors (Lipinski definition) is 2. The molecule has 0 unspecified atom stereocenters. The van der Waals surface area contributed by atoms with Crippen molar-refractivity contribution in [3.05, 3.63) is 94.7 Å². The number of fused-ring (bicyclic) bond motifs is 1. The van der Waals surface area contributed by atoms with Crippen molar-refractivity contribution < 1.29 is 27.8 Å². The van der Waals surface area contributed by atoms with Gasteiger partial charge in [0.05, 0.1) is 44.5 Å². The van der Waals surface area contributed by atoms with Crippen molar-refractivity contribution in [2.45, 2.75) is 44.8 Å². The van der Waals surface area contributed by atoms with Crippen LogP contribution < -0.4 is 20.1 Å². The van der Waals surface area contributed by atoms with Crippen molar-refractivity contribution in [1.29, 1.82) is 0 Å². The zero-order chi connectivity index (χ0) is 31.2. The fourth-order valence-corrected chi connectivity index (χ4v) is 5.77. The first kappa shape index (κ1) is 29.0. The molecular formula is C33H31F2N5O4. The van der Waals surface area contributed by atoms with E-state index in [1.807, 2.05) is 32.0 Å². The van der Waals surface area contributed by atoms with Gasteiger partial charge in [-0.3, -0.25) is 9.59 Å². The monoisotopic (exact) mass is 599 g/mol. The predicted molar refractivity (Wildman–Crippen MR) is 160 cm³/mol. The molecule has 0 spiro atoms. The van der Waals surface area contributed by atoms with Gasteiger partial charge in [-0.15, -0.1) is 0 Å². The predicted octanol–water partition coefficient (Wildman–Crippen LogP) is 5.72. The summed E-state index contributed by atoms with van der Waals surface area (Å²) in [7, 11) is 3.09. The lowest BCUT2D eigenvalue weighted by atomic mass is 9.91. The van der Waals surface area contributed by atoms with Gasteiger partial charge in [0.15, 0.2) is 5.82 Å². The molecule has 44 heavy (non-hydrogen) atoms. The number of benzene rings is 3. The number of amides is 2. The Bertz CT molecular complexity index is 1760. The fraction of sp³-hybridized carbons (Fsp3) is 0.273. The molecular weight excluding hydrogens is 568 g/mol. The third-order valence-corrected chi connectivity index (χ3v) is 7.94. The highest BCUT2D eigenvalue weighted by Crippen LogP contribution is 2.37. The van der Waals surface area contributed by atoms with Crippen LogP contribution in [0.25, 0.3) is 11.4 Å². The lowest BCUT2D eigenvalue weighted by molar-refractivity contribution is -0.120. The summed E-state index contributed by atoms with van der Waals surface area (Å²) in [6.07, 6.45) is 0.666. The zero-order valence-corrected chi connectivity index (χ0v) is 24.7. The van der Waals surface area contributed by atoms with Crippen molar-refractivity contribution in [2.24, 2.45) is 0 Å². The van der Waals surface area contributed by atoms with Gasteiger partial charge in [0.1, 0.15) is 34.5 Å². The number of ether oxygens (including phenoxy) is 2. The van der Waals surface area contributed by atoms with Crippen LogP contribution in [0.5, 0.6) is 11.5 Å². The first-order chi connectivity index (χ1) is 21.1. The van der Waals surface area contributed by atoms with Gasteiger partial charge in [0.25, 0.3) is 5.91 Å². The minimum Gasteiger partial charge on any atom is -0.497 e. The van der Waals surface area contributed by atoms with Crippen molar-refractivity contribution in [1.82, 2.24) is 20.2 Å². The number of carbonyl (C=O) groups excluding carboxylic acids is 2. The number of hydrogen-bond acceptors (Lipinski definition) is 7. The van der Waals surface area contributed by atoms with E-state index >= 15 is 0 Å². The molecule has 0 saturated carbocycles. The molecule has 9 nitrogen and oxygen atoms in total. The molecule has 226 valence electrons. The third kappa shape index (κ3) is 5.41. The third-order valence-electron chi connectivity index (χ3n) is 7.94. The van der Waals surface area contributed by atoms with E-state index in [1.165, 1.54) is 13.2 Å². The number of nitrogens with zero attached hydrogens (tertiary/aromatic N) is 3. The second-order valence-corrected chi connectivity index (χ2v) is 11.5. The van der Waals surface area contributed by atoms with Crippen LogP contribution in [0.2, 0.25) is 0 Å². The smallest absolute Gasteiger partial charge is 0.260 e. The SMILES string of the molecule is COc1ccc(CN2Cc3nc(-c4c(F)cccc4F)nc(Nc4ccc([C@H]5CC(C)(C)NC5=O)cc4)c3C2=O)c(OC)c1. The molecule has 4 aromatic rings. The fourth-order valence-electron chi connectivity index (χ4n) is 5.77. The molecule has 2 amide bonds. The topological polar surface area (TPSA) is 106 Å². The number of aromatic nitrogens is 2. The summed E-state index contributed by atoms with van der Waals surface area (Å²) in [4.78, 5) is 36.8. The average molecular weight is 600 g/mol. The number of anilines is 2. The van der Waals surface area contributed by atoms with E-state index < -0.39 is 11.6 Å². The molecule has 1 fully saturated rings. The molecule has 1 atom stereocenters. The minimum absolute atomic E-state index is 0.0277. The molecule has 2 aliphatic rings. The maximum atomic E-state index is 14.8. The highest BCUT2D eigenvalue weighted by Gasteiger charge is 2.38. The number of nitrogens with one attached hydrogen (secondary N) is 2. The quantitative estimate of drug-likeness (QED) is 0.267. The van der Waals surface area contributed by atoms with E-state index in [9.17, 15) is 18.4 Å². The second-order valence-electron chi connectivity index (χ2n) is 11.5. The van der Waals surface area contributed by atoms with Gasteiger partial charge in [0, 0.05) is 22.9 Å². The highest BCUT2D eigenvalue weighted by atomic mass is 19.1. The summed E-state index contributed by atoms with van der Waals surface area (Å²) in [6, 6.07) is 16.1. The average Bonchev–Trinajstić information content (AvgIpc) is 3.46. The number of halogens is 2. The Hall–Kier alpha value is -5.06. The molecule has 11 heteroatoms. The van der Waals surface area contributed by atoms with Gasteiger partial charge in [0.2, 0.25) is 5.91 Å². The van der Waals surface area contributed by atoms with Gasteiger partial charge in [-0.05, 0) is 62.2 Å². The largest absolute Gasteiger partial charge is 0.497 e. The molecule has 2 N–H and O–H groups in total. The summed E-state index contributed by atoms with van der Waals surface area (Å²) in [5.74, 6) is -1.19. The standard InChI is InChI=1S/C33H31F2N5O4/c1-33(2)15-22(31(41)39-33)18-8-11-20(12-9-18)36-30-28-25(37-29(38-30)27-23(34)6-5-7-24(27)35)17-40(32(28)42)16-19-10-13-21(43-3)14-26(19)44-4/h5-14,22H,15-17H2,1-4H3,(H,39,41)(H,36,37,38)/t22-/m1/s1. The Morgan fingerprint density at radius 3 is 2.34 bits per heavy atom. The van der Waals surface area contributed by atoms with Crippen LogP contribution in [0.3, 0.4) is 0 Å². The van der Waals surface area contributed by atoms with Crippen molar-refractivity contribution in [2.75, 3.05) is 19.5 Å². The maximum Gasteiger partial charge on any atom is 0.260 e. The lowest BCUT2D eigenvalue weighted by Crippen LogP contribution is -2.34. The molecule has 0 aliphatic carbocycles. The van der Waals surface area contributed by atoms with Gasteiger partial charge in [-0.2, -0.15) is 0 Å². The molecule has 6 rings (SSSR count). The molecule has 1 aromatic heterocycles. The van der Waals surface area contributed by atoms with Gasteiger partial charge in [-0.1, -0.05) is 18.2 Å². The van der Waals surface area contributed by atoms with Crippen molar-refractivity contribution in [3.8, 4) is 22.9 Å². The summed E-state index contributed by atoms with van der Waals surface area (Å²) in [5.41, 5.74) is 2.05. The number of rotatable bonds is 8. The molecule has 0 radical (unpaired) electrons. The molecule has 3 aromatic carbocycles. The zero-order valence-electron chi connectivity index (χ0n) is 24.7. The Balaban J connectivity index is 1.35. The first-order valence-electron chi connectivity index (χ1n) is 14.1. The maximum absolute atomic E-state index is 14.8. The van der Waals surface area contributed by atoms with E-state index in [2.05, 4.69) is 20.6 Å².